The van der Waals surface area contributed by atoms with Crippen LogP contribution >= 0.6 is 0 Å². The van der Waals surface area contributed by atoms with E-state index in [1.165, 1.54) is 12.3 Å². The number of halogens is 2. The highest BCUT2D eigenvalue weighted by Crippen LogP contribution is 2.43. The summed E-state index contributed by atoms with van der Waals surface area (Å²) in [7, 11) is 0. The minimum Gasteiger partial charge on any atom is -0.490 e. The Balaban J connectivity index is 0.000000858. The zero-order valence-corrected chi connectivity index (χ0v) is 17.7. The Morgan fingerprint density at radius 2 is 1.87 bits per heavy atom. The minimum absolute atomic E-state index is 0.123. The highest BCUT2D eigenvalue weighted by Gasteiger charge is 2.29. The first-order chi connectivity index (χ1) is 14.9. The van der Waals surface area contributed by atoms with E-state index in [-0.39, 0.29) is 17.4 Å². The van der Waals surface area contributed by atoms with Crippen LogP contribution in [-0.4, -0.2) is 18.1 Å². The third-order valence-corrected chi connectivity index (χ3v) is 5.33. The van der Waals surface area contributed by atoms with E-state index in [1.807, 2.05) is 36.4 Å². The molecule has 1 aliphatic heterocycles. The van der Waals surface area contributed by atoms with Gasteiger partial charge in [-0.1, -0.05) is 43.8 Å². The Hall–Kier alpha value is -3.25. The Labute approximate surface area is 181 Å². The number of aromatic nitrogens is 1. The van der Waals surface area contributed by atoms with Crippen molar-refractivity contribution >= 4 is 0 Å². The summed E-state index contributed by atoms with van der Waals surface area (Å²) in [5.74, 6) is -0.614. The van der Waals surface area contributed by atoms with Crippen LogP contribution in [0, 0.1) is 18.6 Å². The number of hydrogen-bond acceptors (Lipinski definition) is 4. The molecule has 162 valence electrons. The Bertz CT molecular complexity index is 1070. The molecular formula is C25H27F2N3O. The average molecular weight is 424 g/mol. The molecule has 0 aliphatic carbocycles. The molecule has 4 rings (SSSR count). The summed E-state index contributed by atoms with van der Waals surface area (Å²) in [5, 5.41) is 0. The van der Waals surface area contributed by atoms with Crippen molar-refractivity contribution in [3.8, 4) is 17.0 Å². The Morgan fingerprint density at radius 1 is 1.19 bits per heavy atom. The third-order valence-electron chi connectivity index (χ3n) is 5.33. The molecule has 2 aromatic carbocycles. The summed E-state index contributed by atoms with van der Waals surface area (Å²) in [6, 6.07) is 14.3. The number of pyridine rings is 1. The van der Waals surface area contributed by atoms with Crippen molar-refractivity contribution in [3.05, 3.63) is 95.3 Å². The molecule has 0 fully saturated rings. The van der Waals surface area contributed by atoms with Crippen LogP contribution in [0.25, 0.3) is 11.3 Å². The van der Waals surface area contributed by atoms with Crippen LogP contribution in [0.4, 0.5) is 8.78 Å². The molecule has 1 aromatic heterocycles. The lowest BCUT2D eigenvalue weighted by Gasteiger charge is -2.19. The third kappa shape index (κ3) is 4.59. The lowest BCUT2D eigenvalue weighted by molar-refractivity contribution is 0.337. The maximum absolute atomic E-state index is 14.7. The van der Waals surface area contributed by atoms with E-state index in [4.69, 9.17) is 15.5 Å². The molecule has 2 unspecified atom stereocenters. The van der Waals surface area contributed by atoms with Gasteiger partial charge in [0.15, 0.2) is 0 Å². The van der Waals surface area contributed by atoms with Gasteiger partial charge in [0, 0.05) is 35.6 Å². The van der Waals surface area contributed by atoms with Gasteiger partial charge < -0.3 is 16.2 Å². The van der Waals surface area contributed by atoms with E-state index in [0.717, 1.165) is 22.9 Å². The molecule has 4 nitrogen and oxygen atoms in total. The zero-order valence-electron chi connectivity index (χ0n) is 17.7. The molecule has 2 heterocycles. The van der Waals surface area contributed by atoms with Crippen LogP contribution in [0.15, 0.2) is 61.3 Å². The molecule has 3 aromatic rings. The number of rotatable bonds is 4. The van der Waals surface area contributed by atoms with Crippen LogP contribution in [0.1, 0.15) is 41.1 Å². The van der Waals surface area contributed by atoms with Crippen molar-refractivity contribution in [2.24, 2.45) is 11.5 Å². The molecule has 0 radical (unpaired) electrons. The van der Waals surface area contributed by atoms with Gasteiger partial charge in [-0.15, -0.1) is 0 Å². The number of benzene rings is 2. The quantitative estimate of drug-likeness (QED) is 0.619. The standard InChI is InChI=1S/C23H22F2N2O.C2H5N/c1-13-8-17(20(25)10-19(13)24)22-23-16(14(2)12-28-23)9-21(27-22)18(11-26)15-6-4-3-5-7-15;1-2-3/h3-10,14,18H,11-12,26H2,1-2H3;2H,1,3H2. The molecule has 4 N–H and O–H groups in total. The number of aryl methyl sites for hydroxylation is 1. The van der Waals surface area contributed by atoms with E-state index < -0.39 is 11.6 Å². The second kappa shape index (κ2) is 9.71. The van der Waals surface area contributed by atoms with Gasteiger partial charge in [0.05, 0.1) is 12.3 Å². The fourth-order valence-electron chi connectivity index (χ4n) is 3.70. The van der Waals surface area contributed by atoms with Crippen LogP contribution in [0.5, 0.6) is 5.75 Å². The number of ether oxygens (including phenoxy) is 1. The van der Waals surface area contributed by atoms with Crippen LogP contribution < -0.4 is 16.2 Å². The number of nitrogens with zero attached hydrogens (tertiary/aromatic N) is 1. The summed E-state index contributed by atoms with van der Waals surface area (Å²) >= 11 is 0. The van der Waals surface area contributed by atoms with E-state index in [2.05, 4.69) is 19.2 Å². The fourth-order valence-corrected chi connectivity index (χ4v) is 3.70. The van der Waals surface area contributed by atoms with Crippen molar-refractivity contribution in [1.82, 2.24) is 4.98 Å². The highest BCUT2D eigenvalue weighted by atomic mass is 19.1. The van der Waals surface area contributed by atoms with Crippen molar-refractivity contribution in [2.45, 2.75) is 25.7 Å². The highest BCUT2D eigenvalue weighted by molar-refractivity contribution is 5.71. The molecule has 0 bridgehead atoms. The maximum atomic E-state index is 14.7. The number of fused-ring (bicyclic) bond motifs is 1. The molecule has 0 amide bonds. The topological polar surface area (TPSA) is 74.2 Å². The van der Waals surface area contributed by atoms with Crippen molar-refractivity contribution in [1.29, 1.82) is 0 Å². The van der Waals surface area contributed by atoms with Gasteiger partial charge in [-0.25, -0.2) is 13.8 Å². The van der Waals surface area contributed by atoms with Gasteiger partial charge in [0.25, 0.3) is 0 Å². The Kier molecular flexibility index (Phi) is 7.02. The second-order valence-electron chi connectivity index (χ2n) is 7.54. The minimum atomic E-state index is -0.651. The molecule has 31 heavy (non-hydrogen) atoms. The van der Waals surface area contributed by atoms with Gasteiger partial charge in [0.1, 0.15) is 23.1 Å². The molecule has 2 atom stereocenters. The Morgan fingerprint density at radius 3 is 2.52 bits per heavy atom. The monoisotopic (exact) mass is 423 g/mol. The first-order valence-electron chi connectivity index (χ1n) is 10.1. The smallest absolute Gasteiger partial charge is 0.149 e. The van der Waals surface area contributed by atoms with Gasteiger partial charge in [-0.3, -0.25) is 0 Å². The van der Waals surface area contributed by atoms with Gasteiger partial charge >= 0.3 is 0 Å². The summed E-state index contributed by atoms with van der Waals surface area (Å²) in [4.78, 5) is 4.76. The van der Waals surface area contributed by atoms with Crippen LogP contribution in [-0.2, 0) is 0 Å². The maximum Gasteiger partial charge on any atom is 0.149 e. The lowest BCUT2D eigenvalue weighted by atomic mass is 9.91. The zero-order chi connectivity index (χ0) is 22.5. The first kappa shape index (κ1) is 22.4. The van der Waals surface area contributed by atoms with Crippen LogP contribution in [0.2, 0.25) is 0 Å². The van der Waals surface area contributed by atoms with E-state index in [0.29, 0.717) is 30.2 Å². The predicted molar refractivity (Wildman–Crippen MR) is 120 cm³/mol. The number of nitrogens with two attached hydrogens (primary N) is 2. The van der Waals surface area contributed by atoms with Gasteiger partial charge in [0.2, 0.25) is 0 Å². The summed E-state index contributed by atoms with van der Waals surface area (Å²) in [5.41, 5.74) is 14.5. The van der Waals surface area contributed by atoms with Crippen molar-refractivity contribution in [3.63, 3.8) is 0 Å². The average Bonchev–Trinajstić information content (AvgIpc) is 3.13. The molecule has 6 heteroatoms. The van der Waals surface area contributed by atoms with E-state index in [9.17, 15) is 8.78 Å². The molecular weight excluding hydrogens is 396 g/mol. The normalized spacial score (nSPS) is 15.3. The van der Waals surface area contributed by atoms with Gasteiger partial charge in [-0.2, -0.15) is 0 Å². The largest absolute Gasteiger partial charge is 0.490 e. The van der Waals surface area contributed by atoms with Crippen molar-refractivity contribution in [2.75, 3.05) is 13.2 Å². The SMILES string of the molecule is C=CN.Cc1cc(-c2nc(C(CN)c3ccccc3)cc3c2OCC3C)c(F)cc1F. The first-order valence-corrected chi connectivity index (χ1v) is 10.1. The predicted octanol–water partition coefficient (Wildman–Crippen LogP) is 5.01. The second-order valence-corrected chi connectivity index (χ2v) is 7.54. The fraction of sp³-hybridized carbons (Fsp3) is 0.240. The summed E-state index contributed by atoms with van der Waals surface area (Å²) in [6.45, 7) is 7.69. The van der Waals surface area contributed by atoms with Crippen LogP contribution in [0.3, 0.4) is 0 Å². The molecule has 0 saturated heterocycles. The molecule has 0 spiro atoms. The number of hydrogen-bond donors (Lipinski definition) is 2. The summed E-state index contributed by atoms with van der Waals surface area (Å²) < 4.78 is 34.3. The van der Waals surface area contributed by atoms with Gasteiger partial charge in [-0.05, 0) is 36.4 Å². The summed E-state index contributed by atoms with van der Waals surface area (Å²) in [6.07, 6.45) is 1.25. The molecule has 1 aliphatic rings. The van der Waals surface area contributed by atoms with Crippen molar-refractivity contribution < 1.29 is 13.5 Å². The molecule has 0 saturated carbocycles. The van der Waals surface area contributed by atoms with E-state index >= 15 is 0 Å². The van der Waals surface area contributed by atoms with E-state index in [1.54, 1.807) is 6.92 Å². The lowest BCUT2D eigenvalue weighted by Crippen LogP contribution is -2.16.